The second kappa shape index (κ2) is 5.16. The first-order chi connectivity index (χ1) is 8.63. The maximum atomic E-state index is 12.0. The fourth-order valence-corrected chi connectivity index (χ4v) is 2.30. The number of nitrogens with one attached hydrogen (secondary N) is 2. The van der Waals surface area contributed by atoms with Gasteiger partial charge in [0.1, 0.15) is 5.69 Å². The van der Waals surface area contributed by atoms with Gasteiger partial charge >= 0.3 is 5.69 Å². The van der Waals surface area contributed by atoms with Crippen LogP contribution in [0.4, 0.5) is 5.69 Å². The fraction of sp³-hybridized carbons (Fsp3) is 0.636. The van der Waals surface area contributed by atoms with Gasteiger partial charge in [-0.15, -0.1) is 0 Å². The van der Waals surface area contributed by atoms with Crippen LogP contribution in [-0.2, 0) is 6.42 Å². The summed E-state index contributed by atoms with van der Waals surface area (Å²) >= 11 is 0. The molecule has 1 fully saturated rings. The number of carbonyl (C=O) groups is 1. The number of hydrogen-bond acceptors (Lipinski definition) is 4. The molecule has 0 bridgehead atoms. The highest BCUT2D eigenvalue weighted by molar-refractivity contribution is 5.96. The van der Waals surface area contributed by atoms with Crippen molar-refractivity contribution in [1.29, 1.82) is 0 Å². The zero-order valence-corrected chi connectivity index (χ0v) is 10.2. The Hall–Kier alpha value is -1.92. The van der Waals surface area contributed by atoms with Crippen LogP contribution in [0.1, 0.15) is 48.8 Å². The van der Waals surface area contributed by atoms with E-state index in [9.17, 15) is 14.9 Å². The van der Waals surface area contributed by atoms with Gasteiger partial charge in [-0.05, 0) is 19.3 Å². The van der Waals surface area contributed by atoms with E-state index in [1.165, 1.54) is 0 Å². The molecule has 98 valence electrons. The molecule has 0 aromatic carbocycles. The zero-order valence-electron chi connectivity index (χ0n) is 10.2. The van der Waals surface area contributed by atoms with Crippen molar-refractivity contribution in [3.8, 4) is 0 Å². The van der Waals surface area contributed by atoms with E-state index in [1.54, 1.807) is 6.92 Å². The summed E-state index contributed by atoms with van der Waals surface area (Å²) in [7, 11) is 0. The molecular formula is C11H16N4O3. The second-order valence-electron chi connectivity index (χ2n) is 4.46. The molecule has 0 radical (unpaired) electrons. The first-order valence-corrected chi connectivity index (χ1v) is 6.16. The van der Waals surface area contributed by atoms with Crippen molar-refractivity contribution in [2.45, 2.75) is 45.1 Å². The SMILES string of the molecule is CCc1[nH]nc(C(=O)NC2CCCC2)c1[N+](=O)[O-]. The van der Waals surface area contributed by atoms with Gasteiger partial charge in [0.25, 0.3) is 5.91 Å². The predicted molar refractivity (Wildman–Crippen MR) is 64.3 cm³/mol. The average Bonchev–Trinajstić information content (AvgIpc) is 2.95. The third-order valence-corrected chi connectivity index (χ3v) is 3.25. The quantitative estimate of drug-likeness (QED) is 0.627. The van der Waals surface area contributed by atoms with E-state index in [1.807, 2.05) is 0 Å². The maximum Gasteiger partial charge on any atom is 0.322 e. The minimum absolute atomic E-state index is 0.108. The maximum absolute atomic E-state index is 12.0. The molecule has 7 heteroatoms. The van der Waals surface area contributed by atoms with Gasteiger partial charge in [-0.1, -0.05) is 19.8 Å². The molecule has 1 amide bonds. The number of hydrogen-bond donors (Lipinski definition) is 2. The highest BCUT2D eigenvalue weighted by Crippen LogP contribution is 2.23. The molecule has 0 spiro atoms. The van der Waals surface area contributed by atoms with Gasteiger partial charge < -0.3 is 5.32 Å². The topological polar surface area (TPSA) is 101 Å². The summed E-state index contributed by atoms with van der Waals surface area (Å²) in [6.07, 6.45) is 4.50. The number of aryl methyl sites for hydroxylation is 1. The van der Waals surface area contributed by atoms with Gasteiger partial charge in [-0.3, -0.25) is 20.0 Å². The molecule has 18 heavy (non-hydrogen) atoms. The molecule has 7 nitrogen and oxygen atoms in total. The van der Waals surface area contributed by atoms with Crippen LogP contribution in [0.5, 0.6) is 0 Å². The van der Waals surface area contributed by atoms with E-state index in [4.69, 9.17) is 0 Å². The third kappa shape index (κ3) is 2.34. The summed E-state index contributed by atoms with van der Waals surface area (Å²) < 4.78 is 0. The molecule has 1 aliphatic carbocycles. The summed E-state index contributed by atoms with van der Waals surface area (Å²) in [6, 6.07) is 0.124. The number of aromatic amines is 1. The predicted octanol–water partition coefficient (Wildman–Crippen LogP) is 1.55. The molecule has 1 heterocycles. The van der Waals surface area contributed by atoms with Crippen LogP contribution in [0, 0.1) is 10.1 Å². The van der Waals surface area contributed by atoms with Crippen LogP contribution in [0.3, 0.4) is 0 Å². The summed E-state index contributed by atoms with van der Waals surface area (Å²) in [4.78, 5) is 22.4. The number of aromatic nitrogens is 2. The van der Waals surface area contributed by atoms with Gasteiger partial charge in [0.15, 0.2) is 0 Å². The number of H-pyrrole nitrogens is 1. The number of rotatable bonds is 4. The van der Waals surface area contributed by atoms with Gasteiger partial charge in [0.2, 0.25) is 5.69 Å². The smallest absolute Gasteiger partial charge is 0.322 e. The van der Waals surface area contributed by atoms with Crippen LogP contribution in [0.25, 0.3) is 0 Å². The minimum atomic E-state index is -0.550. The van der Waals surface area contributed by atoms with E-state index < -0.39 is 10.8 Å². The molecule has 2 N–H and O–H groups in total. The lowest BCUT2D eigenvalue weighted by atomic mass is 10.2. The molecule has 1 aromatic rings. The molecule has 1 aliphatic rings. The van der Waals surface area contributed by atoms with Crippen LogP contribution in [-0.4, -0.2) is 27.1 Å². The Kier molecular flexibility index (Phi) is 3.59. The largest absolute Gasteiger partial charge is 0.348 e. The average molecular weight is 252 g/mol. The van der Waals surface area contributed by atoms with Crippen molar-refractivity contribution in [3.63, 3.8) is 0 Å². The summed E-state index contributed by atoms with van der Waals surface area (Å²) in [5.41, 5.74) is 0.0771. The number of nitrogens with zero attached hydrogens (tertiary/aromatic N) is 2. The monoisotopic (exact) mass is 252 g/mol. The van der Waals surface area contributed by atoms with Crippen molar-refractivity contribution in [1.82, 2.24) is 15.5 Å². The van der Waals surface area contributed by atoms with E-state index in [0.29, 0.717) is 12.1 Å². The molecule has 0 atom stereocenters. The van der Waals surface area contributed by atoms with Crippen molar-refractivity contribution >= 4 is 11.6 Å². The zero-order chi connectivity index (χ0) is 13.1. The van der Waals surface area contributed by atoms with Crippen molar-refractivity contribution in [2.75, 3.05) is 0 Å². The third-order valence-electron chi connectivity index (χ3n) is 3.25. The number of carbonyl (C=O) groups excluding carboxylic acids is 1. The summed E-state index contributed by atoms with van der Waals surface area (Å²) in [5, 5.41) is 20.1. The first-order valence-electron chi connectivity index (χ1n) is 6.16. The summed E-state index contributed by atoms with van der Waals surface area (Å²) in [6.45, 7) is 1.78. The Morgan fingerprint density at radius 1 is 1.56 bits per heavy atom. The van der Waals surface area contributed by atoms with Crippen LogP contribution in [0.2, 0.25) is 0 Å². The highest BCUT2D eigenvalue weighted by Gasteiger charge is 2.29. The lowest BCUT2D eigenvalue weighted by molar-refractivity contribution is -0.385. The number of nitro groups is 1. The van der Waals surface area contributed by atoms with Gasteiger partial charge in [0, 0.05) is 6.04 Å². The molecule has 1 aromatic heterocycles. The van der Waals surface area contributed by atoms with Gasteiger partial charge in [-0.25, -0.2) is 0 Å². The Morgan fingerprint density at radius 3 is 2.78 bits per heavy atom. The second-order valence-corrected chi connectivity index (χ2v) is 4.46. The minimum Gasteiger partial charge on any atom is -0.348 e. The molecule has 0 saturated heterocycles. The number of amides is 1. The van der Waals surface area contributed by atoms with Gasteiger partial charge in [-0.2, -0.15) is 5.10 Å². The highest BCUT2D eigenvalue weighted by atomic mass is 16.6. The molecule has 2 rings (SSSR count). The van der Waals surface area contributed by atoms with Crippen molar-refractivity contribution in [2.24, 2.45) is 0 Å². The Bertz CT molecular complexity index is 463. The van der Waals surface area contributed by atoms with Crippen LogP contribution < -0.4 is 5.32 Å². The van der Waals surface area contributed by atoms with Crippen molar-refractivity contribution in [3.05, 3.63) is 21.5 Å². The normalized spacial score (nSPS) is 15.8. The lowest BCUT2D eigenvalue weighted by Gasteiger charge is -2.09. The van der Waals surface area contributed by atoms with E-state index in [2.05, 4.69) is 15.5 Å². The Labute approximate surface area is 104 Å². The van der Waals surface area contributed by atoms with Gasteiger partial charge in [0.05, 0.1) is 4.92 Å². The van der Waals surface area contributed by atoms with Crippen molar-refractivity contribution < 1.29 is 9.72 Å². The van der Waals surface area contributed by atoms with Crippen LogP contribution in [0.15, 0.2) is 0 Å². The van der Waals surface area contributed by atoms with E-state index in [0.717, 1.165) is 25.7 Å². The summed E-state index contributed by atoms with van der Waals surface area (Å²) in [5.74, 6) is -0.454. The standard InChI is InChI=1S/C11H16N4O3/c1-2-8-10(15(17)18)9(14-13-8)11(16)12-7-5-3-4-6-7/h7H,2-6H2,1H3,(H,12,16)(H,13,14). The molecule has 0 aliphatic heterocycles. The molecule has 0 unspecified atom stereocenters. The van der Waals surface area contributed by atoms with Crippen LogP contribution >= 0.6 is 0 Å². The van der Waals surface area contributed by atoms with E-state index in [-0.39, 0.29) is 17.4 Å². The Balaban J connectivity index is 2.18. The fourth-order valence-electron chi connectivity index (χ4n) is 2.30. The molecule has 1 saturated carbocycles. The van der Waals surface area contributed by atoms with E-state index >= 15 is 0 Å². The lowest BCUT2D eigenvalue weighted by Crippen LogP contribution is -2.33. The Morgan fingerprint density at radius 2 is 2.22 bits per heavy atom. The molecular weight excluding hydrogens is 236 g/mol. The first kappa shape index (κ1) is 12.5.